The van der Waals surface area contributed by atoms with E-state index in [0.717, 1.165) is 11.1 Å². The van der Waals surface area contributed by atoms with Crippen LogP contribution in [0.2, 0.25) is 5.02 Å². The summed E-state index contributed by atoms with van der Waals surface area (Å²) in [7, 11) is 0. The van der Waals surface area contributed by atoms with Crippen LogP contribution in [0.25, 0.3) is 6.08 Å². The molecule has 0 aliphatic carbocycles. The molecule has 0 radical (unpaired) electrons. The van der Waals surface area contributed by atoms with Crippen LogP contribution in [0, 0.1) is 25.2 Å². The SMILES string of the molecule is CCOc1cc(/C=C(/C#N)C(=O)Nc2ccc(C)cc2)ccc1OCC(=O)Nc1ccc(C)c(Cl)c1. The highest BCUT2D eigenvalue weighted by atomic mass is 35.5. The molecule has 3 aromatic carbocycles. The zero-order chi connectivity index (χ0) is 26.1. The normalized spacial score (nSPS) is 10.8. The summed E-state index contributed by atoms with van der Waals surface area (Å²) in [4.78, 5) is 24.9. The molecule has 2 amide bonds. The van der Waals surface area contributed by atoms with E-state index in [9.17, 15) is 14.9 Å². The predicted molar refractivity (Wildman–Crippen MR) is 141 cm³/mol. The van der Waals surface area contributed by atoms with Gasteiger partial charge in [0.2, 0.25) is 0 Å². The first kappa shape index (κ1) is 26.3. The Hall–Kier alpha value is -4.28. The number of hydrogen-bond donors (Lipinski definition) is 2. The average Bonchev–Trinajstić information content (AvgIpc) is 2.85. The summed E-state index contributed by atoms with van der Waals surface area (Å²) in [6.07, 6.45) is 1.46. The van der Waals surface area contributed by atoms with Crippen LogP contribution in [0.3, 0.4) is 0 Å². The van der Waals surface area contributed by atoms with E-state index < -0.39 is 5.91 Å². The number of ether oxygens (including phenoxy) is 2. The number of carbonyl (C=O) groups is 2. The van der Waals surface area contributed by atoms with Gasteiger partial charge in [-0.15, -0.1) is 0 Å². The largest absolute Gasteiger partial charge is 0.490 e. The summed E-state index contributed by atoms with van der Waals surface area (Å²) in [5.41, 5.74) is 3.64. The van der Waals surface area contributed by atoms with Crippen LogP contribution >= 0.6 is 11.6 Å². The van der Waals surface area contributed by atoms with Crippen LogP contribution in [0.1, 0.15) is 23.6 Å². The molecular formula is C28H26ClN3O4. The molecule has 0 aromatic heterocycles. The minimum absolute atomic E-state index is 0.0668. The molecule has 0 bridgehead atoms. The van der Waals surface area contributed by atoms with Gasteiger partial charge in [-0.2, -0.15) is 5.26 Å². The fraction of sp³-hybridized carbons (Fsp3) is 0.179. The van der Waals surface area contributed by atoms with Crippen molar-refractivity contribution in [2.45, 2.75) is 20.8 Å². The lowest BCUT2D eigenvalue weighted by Gasteiger charge is -2.13. The van der Waals surface area contributed by atoms with Gasteiger partial charge in [0, 0.05) is 16.4 Å². The van der Waals surface area contributed by atoms with Crippen LogP contribution in [-0.2, 0) is 9.59 Å². The van der Waals surface area contributed by atoms with Crippen molar-refractivity contribution in [2.75, 3.05) is 23.8 Å². The smallest absolute Gasteiger partial charge is 0.266 e. The molecule has 0 atom stereocenters. The molecule has 2 N–H and O–H groups in total. The number of nitrogens with one attached hydrogen (secondary N) is 2. The number of carbonyl (C=O) groups excluding carboxylic acids is 2. The highest BCUT2D eigenvalue weighted by Gasteiger charge is 2.13. The van der Waals surface area contributed by atoms with E-state index in [0.29, 0.717) is 40.1 Å². The number of halogens is 1. The number of nitrogens with zero attached hydrogens (tertiary/aromatic N) is 1. The van der Waals surface area contributed by atoms with Gasteiger partial charge in [-0.25, -0.2) is 0 Å². The van der Waals surface area contributed by atoms with Gasteiger partial charge in [0.25, 0.3) is 11.8 Å². The maximum Gasteiger partial charge on any atom is 0.266 e. The van der Waals surface area contributed by atoms with Crippen molar-refractivity contribution in [3.05, 3.63) is 87.9 Å². The minimum atomic E-state index is -0.521. The van der Waals surface area contributed by atoms with E-state index in [2.05, 4.69) is 10.6 Å². The Bertz CT molecular complexity index is 1330. The van der Waals surface area contributed by atoms with E-state index in [-0.39, 0.29) is 18.1 Å². The first-order valence-electron chi connectivity index (χ1n) is 11.2. The maximum atomic E-state index is 12.6. The molecule has 7 nitrogen and oxygen atoms in total. The van der Waals surface area contributed by atoms with Crippen LogP contribution in [0.4, 0.5) is 11.4 Å². The summed E-state index contributed by atoms with van der Waals surface area (Å²) in [5, 5.41) is 15.5. The predicted octanol–water partition coefficient (Wildman–Crippen LogP) is 5.92. The maximum absolute atomic E-state index is 12.6. The third kappa shape index (κ3) is 7.36. The van der Waals surface area contributed by atoms with Crippen molar-refractivity contribution < 1.29 is 19.1 Å². The second-order valence-electron chi connectivity index (χ2n) is 7.93. The Balaban J connectivity index is 1.70. The van der Waals surface area contributed by atoms with E-state index in [1.165, 1.54) is 6.08 Å². The highest BCUT2D eigenvalue weighted by Crippen LogP contribution is 2.30. The van der Waals surface area contributed by atoms with Gasteiger partial charge in [0.1, 0.15) is 11.6 Å². The van der Waals surface area contributed by atoms with Crippen LogP contribution in [0.15, 0.2) is 66.2 Å². The molecule has 0 fully saturated rings. The van der Waals surface area contributed by atoms with Gasteiger partial charge in [-0.3, -0.25) is 9.59 Å². The number of amides is 2. The third-order valence-corrected chi connectivity index (χ3v) is 5.47. The molecule has 0 aliphatic heterocycles. The fourth-order valence-corrected chi connectivity index (χ4v) is 3.34. The van der Waals surface area contributed by atoms with Crippen LogP contribution < -0.4 is 20.1 Å². The quantitative estimate of drug-likeness (QED) is 0.279. The molecule has 3 rings (SSSR count). The Morgan fingerprint density at radius 1 is 0.944 bits per heavy atom. The summed E-state index contributed by atoms with van der Waals surface area (Å²) >= 11 is 6.10. The molecule has 8 heteroatoms. The lowest BCUT2D eigenvalue weighted by atomic mass is 10.1. The first-order chi connectivity index (χ1) is 17.3. The van der Waals surface area contributed by atoms with Crippen LogP contribution in [-0.4, -0.2) is 25.0 Å². The van der Waals surface area contributed by atoms with E-state index in [1.54, 1.807) is 42.5 Å². The molecule has 0 aliphatic rings. The lowest BCUT2D eigenvalue weighted by molar-refractivity contribution is -0.118. The summed E-state index contributed by atoms with van der Waals surface area (Å²) in [6, 6.07) is 19.4. The Kier molecular flexibility index (Phi) is 9.09. The highest BCUT2D eigenvalue weighted by molar-refractivity contribution is 6.31. The van der Waals surface area contributed by atoms with Gasteiger partial charge in [0.15, 0.2) is 18.1 Å². The van der Waals surface area contributed by atoms with Gasteiger partial charge in [-0.05, 0) is 74.4 Å². The number of anilines is 2. The molecule has 184 valence electrons. The van der Waals surface area contributed by atoms with E-state index >= 15 is 0 Å². The van der Waals surface area contributed by atoms with Crippen molar-refractivity contribution >= 4 is 40.9 Å². The number of benzene rings is 3. The summed E-state index contributed by atoms with van der Waals surface area (Å²) in [6.45, 7) is 5.75. The third-order valence-electron chi connectivity index (χ3n) is 5.07. The first-order valence-corrected chi connectivity index (χ1v) is 11.6. The molecular weight excluding hydrogens is 478 g/mol. The van der Waals surface area contributed by atoms with Crippen molar-refractivity contribution in [3.8, 4) is 17.6 Å². The van der Waals surface area contributed by atoms with Crippen molar-refractivity contribution in [1.82, 2.24) is 0 Å². The number of rotatable bonds is 9. The molecule has 3 aromatic rings. The molecule has 0 saturated heterocycles. The number of hydrogen-bond acceptors (Lipinski definition) is 5. The Morgan fingerprint density at radius 3 is 2.33 bits per heavy atom. The second-order valence-corrected chi connectivity index (χ2v) is 8.34. The van der Waals surface area contributed by atoms with Gasteiger partial charge in [-0.1, -0.05) is 41.4 Å². The molecule has 36 heavy (non-hydrogen) atoms. The topological polar surface area (TPSA) is 100 Å². The number of nitriles is 1. The zero-order valence-corrected chi connectivity index (χ0v) is 21.0. The Labute approximate surface area is 215 Å². The monoisotopic (exact) mass is 503 g/mol. The van der Waals surface area contributed by atoms with Crippen molar-refractivity contribution in [3.63, 3.8) is 0 Å². The van der Waals surface area contributed by atoms with Crippen molar-refractivity contribution in [1.29, 1.82) is 5.26 Å². The van der Waals surface area contributed by atoms with Gasteiger partial charge < -0.3 is 20.1 Å². The Morgan fingerprint density at radius 2 is 1.67 bits per heavy atom. The molecule has 0 saturated carbocycles. The van der Waals surface area contributed by atoms with E-state index in [1.807, 2.05) is 45.0 Å². The standard InChI is InChI=1S/C28H26ClN3O4/c1-4-35-26-14-20(13-21(16-30)28(34)32-22-9-5-18(2)6-10-22)8-12-25(26)36-17-27(33)31-23-11-7-19(3)24(29)15-23/h5-15H,4,17H2,1-3H3,(H,31,33)(H,32,34)/b21-13-. The fourth-order valence-electron chi connectivity index (χ4n) is 3.16. The minimum Gasteiger partial charge on any atom is -0.490 e. The van der Waals surface area contributed by atoms with Gasteiger partial charge in [0.05, 0.1) is 6.61 Å². The van der Waals surface area contributed by atoms with Crippen LogP contribution in [0.5, 0.6) is 11.5 Å². The second kappa shape index (κ2) is 12.4. The van der Waals surface area contributed by atoms with Crippen molar-refractivity contribution in [2.24, 2.45) is 0 Å². The average molecular weight is 504 g/mol. The summed E-state index contributed by atoms with van der Waals surface area (Å²) < 4.78 is 11.3. The molecule has 0 heterocycles. The lowest BCUT2D eigenvalue weighted by Crippen LogP contribution is -2.20. The number of aryl methyl sites for hydroxylation is 2. The zero-order valence-electron chi connectivity index (χ0n) is 20.2. The molecule has 0 unspecified atom stereocenters. The summed E-state index contributed by atoms with van der Waals surface area (Å²) in [5.74, 6) is -0.143. The van der Waals surface area contributed by atoms with Gasteiger partial charge >= 0.3 is 0 Å². The van der Waals surface area contributed by atoms with E-state index in [4.69, 9.17) is 21.1 Å². The molecule has 0 spiro atoms.